The Kier molecular flexibility index (Phi) is 4.00. The number of ether oxygens (including phenoxy) is 1. The van der Waals surface area contributed by atoms with Crippen LogP contribution in [-0.4, -0.2) is 17.1 Å². The number of aryl methyl sites for hydroxylation is 2. The molecule has 0 spiro atoms. The van der Waals surface area contributed by atoms with Gasteiger partial charge in [0.2, 0.25) is 5.88 Å². The van der Waals surface area contributed by atoms with Crippen molar-refractivity contribution < 1.29 is 4.74 Å². The Hall–Kier alpha value is -2.10. The highest BCUT2D eigenvalue weighted by molar-refractivity contribution is 5.41. The van der Waals surface area contributed by atoms with Gasteiger partial charge in [-0.1, -0.05) is 29.8 Å². The number of aromatic nitrogens is 2. The summed E-state index contributed by atoms with van der Waals surface area (Å²) in [6.45, 7) is 6.04. The van der Waals surface area contributed by atoms with Crippen LogP contribution >= 0.6 is 0 Å². The molecule has 1 atom stereocenters. The summed E-state index contributed by atoms with van der Waals surface area (Å²) in [5.74, 6) is 2.04. The average Bonchev–Trinajstić information content (AvgIpc) is 2.38. The topological polar surface area (TPSA) is 47.0 Å². The zero-order chi connectivity index (χ0) is 13.8. The van der Waals surface area contributed by atoms with Crippen molar-refractivity contribution in [1.29, 1.82) is 0 Å². The van der Waals surface area contributed by atoms with E-state index in [1.165, 1.54) is 11.1 Å². The molecule has 0 saturated heterocycles. The Bertz CT molecular complexity index is 552. The van der Waals surface area contributed by atoms with Crippen molar-refractivity contribution in [2.24, 2.45) is 0 Å². The third-order valence-electron chi connectivity index (χ3n) is 2.97. The summed E-state index contributed by atoms with van der Waals surface area (Å²) >= 11 is 0. The van der Waals surface area contributed by atoms with Gasteiger partial charge in [-0.15, -0.1) is 0 Å². The van der Waals surface area contributed by atoms with Crippen molar-refractivity contribution in [3.8, 4) is 5.88 Å². The molecule has 2 rings (SSSR count). The molecule has 0 saturated carbocycles. The number of anilines is 1. The molecule has 1 heterocycles. The maximum Gasteiger partial charge on any atom is 0.218 e. The second-order valence-electron chi connectivity index (χ2n) is 4.62. The SMILES string of the molecule is COc1cc(NC(C)c2ccc(C)cc2)nc(C)n1. The van der Waals surface area contributed by atoms with Crippen LogP contribution in [0, 0.1) is 13.8 Å². The van der Waals surface area contributed by atoms with Gasteiger partial charge in [-0.05, 0) is 26.3 Å². The highest BCUT2D eigenvalue weighted by Gasteiger charge is 2.08. The number of hydrogen-bond acceptors (Lipinski definition) is 4. The summed E-state index contributed by atoms with van der Waals surface area (Å²) in [4.78, 5) is 8.53. The Morgan fingerprint density at radius 1 is 1.11 bits per heavy atom. The summed E-state index contributed by atoms with van der Waals surface area (Å²) in [5.41, 5.74) is 2.48. The molecular weight excluding hydrogens is 238 g/mol. The van der Waals surface area contributed by atoms with Crippen molar-refractivity contribution in [2.45, 2.75) is 26.8 Å². The Balaban J connectivity index is 2.16. The number of methoxy groups -OCH3 is 1. The molecular formula is C15H19N3O. The molecule has 0 bridgehead atoms. The van der Waals surface area contributed by atoms with Crippen LogP contribution in [-0.2, 0) is 0 Å². The molecule has 0 aliphatic heterocycles. The van der Waals surface area contributed by atoms with E-state index in [0.29, 0.717) is 11.7 Å². The van der Waals surface area contributed by atoms with Gasteiger partial charge < -0.3 is 10.1 Å². The van der Waals surface area contributed by atoms with Crippen molar-refractivity contribution >= 4 is 5.82 Å². The molecule has 1 N–H and O–H groups in total. The maximum atomic E-state index is 5.15. The van der Waals surface area contributed by atoms with Crippen LogP contribution in [0.2, 0.25) is 0 Å². The fourth-order valence-corrected chi connectivity index (χ4v) is 1.88. The fourth-order valence-electron chi connectivity index (χ4n) is 1.88. The molecule has 100 valence electrons. The fraction of sp³-hybridized carbons (Fsp3) is 0.333. The van der Waals surface area contributed by atoms with Crippen LogP contribution < -0.4 is 10.1 Å². The van der Waals surface area contributed by atoms with Crippen molar-refractivity contribution in [3.05, 3.63) is 47.3 Å². The Morgan fingerprint density at radius 3 is 2.42 bits per heavy atom. The number of hydrogen-bond donors (Lipinski definition) is 1. The lowest BCUT2D eigenvalue weighted by atomic mass is 10.1. The highest BCUT2D eigenvalue weighted by atomic mass is 16.5. The molecule has 19 heavy (non-hydrogen) atoms. The first kappa shape index (κ1) is 13.3. The zero-order valence-corrected chi connectivity index (χ0v) is 11.8. The van der Waals surface area contributed by atoms with Gasteiger partial charge in [0.15, 0.2) is 0 Å². The number of rotatable bonds is 4. The smallest absolute Gasteiger partial charge is 0.218 e. The van der Waals surface area contributed by atoms with E-state index in [2.05, 4.69) is 53.4 Å². The quantitative estimate of drug-likeness (QED) is 0.913. The molecule has 0 aliphatic rings. The second-order valence-corrected chi connectivity index (χ2v) is 4.62. The van der Waals surface area contributed by atoms with E-state index >= 15 is 0 Å². The summed E-state index contributed by atoms with van der Waals surface area (Å²) in [6.07, 6.45) is 0. The van der Waals surface area contributed by atoms with Gasteiger partial charge in [-0.3, -0.25) is 0 Å². The summed E-state index contributed by atoms with van der Waals surface area (Å²) in [5, 5.41) is 3.36. The van der Waals surface area contributed by atoms with Gasteiger partial charge in [-0.2, -0.15) is 4.98 Å². The molecule has 4 heteroatoms. The van der Waals surface area contributed by atoms with Crippen LogP contribution in [0.15, 0.2) is 30.3 Å². The van der Waals surface area contributed by atoms with E-state index in [4.69, 9.17) is 4.74 Å². The van der Waals surface area contributed by atoms with Crippen LogP contribution in [0.1, 0.15) is 29.9 Å². The minimum absolute atomic E-state index is 0.180. The molecule has 0 amide bonds. The largest absolute Gasteiger partial charge is 0.481 e. The number of benzene rings is 1. The minimum atomic E-state index is 0.180. The molecule has 1 aromatic carbocycles. The maximum absolute atomic E-state index is 5.15. The standard InChI is InChI=1S/C15H19N3O/c1-10-5-7-13(8-6-10)11(2)16-14-9-15(19-4)18-12(3)17-14/h5-9,11H,1-4H3,(H,16,17,18). The van der Waals surface area contributed by atoms with Crippen LogP contribution in [0.3, 0.4) is 0 Å². The van der Waals surface area contributed by atoms with E-state index in [9.17, 15) is 0 Å². The predicted octanol–water partition coefficient (Wildman–Crippen LogP) is 3.28. The first-order valence-corrected chi connectivity index (χ1v) is 6.31. The molecule has 4 nitrogen and oxygen atoms in total. The van der Waals surface area contributed by atoms with Crippen LogP contribution in [0.5, 0.6) is 5.88 Å². The highest BCUT2D eigenvalue weighted by Crippen LogP contribution is 2.20. The first-order valence-electron chi connectivity index (χ1n) is 6.31. The van der Waals surface area contributed by atoms with Gasteiger partial charge in [-0.25, -0.2) is 4.98 Å². The second kappa shape index (κ2) is 5.69. The van der Waals surface area contributed by atoms with E-state index in [-0.39, 0.29) is 6.04 Å². The van der Waals surface area contributed by atoms with Gasteiger partial charge in [0, 0.05) is 12.1 Å². The van der Waals surface area contributed by atoms with Gasteiger partial charge in [0.1, 0.15) is 11.6 Å². The molecule has 0 fully saturated rings. The molecule has 0 radical (unpaired) electrons. The number of nitrogens with zero attached hydrogens (tertiary/aromatic N) is 2. The van der Waals surface area contributed by atoms with Gasteiger partial charge >= 0.3 is 0 Å². The normalized spacial score (nSPS) is 12.0. The molecule has 1 aromatic heterocycles. The van der Waals surface area contributed by atoms with Crippen molar-refractivity contribution in [3.63, 3.8) is 0 Å². The molecule has 2 aromatic rings. The van der Waals surface area contributed by atoms with Gasteiger partial charge in [0.05, 0.1) is 7.11 Å². The Morgan fingerprint density at radius 2 is 1.79 bits per heavy atom. The summed E-state index contributed by atoms with van der Waals surface area (Å²) in [7, 11) is 1.61. The van der Waals surface area contributed by atoms with E-state index < -0.39 is 0 Å². The third kappa shape index (κ3) is 3.44. The monoisotopic (exact) mass is 257 g/mol. The van der Waals surface area contributed by atoms with E-state index in [1.807, 2.05) is 6.92 Å². The lowest BCUT2D eigenvalue weighted by Gasteiger charge is -2.16. The summed E-state index contributed by atoms with van der Waals surface area (Å²) < 4.78 is 5.15. The average molecular weight is 257 g/mol. The molecule has 1 unspecified atom stereocenters. The lowest BCUT2D eigenvalue weighted by molar-refractivity contribution is 0.396. The third-order valence-corrected chi connectivity index (χ3v) is 2.97. The molecule has 0 aliphatic carbocycles. The summed E-state index contributed by atoms with van der Waals surface area (Å²) in [6, 6.07) is 10.5. The van der Waals surface area contributed by atoms with Gasteiger partial charge in [0.25, 0.3) is 0 Å². The first-order chi connectivity index (χ1) is 9.08. The lowest BCUT2D eigenvalue weighted by Crippen LogP contribution is -2.09. The van der Waals surface area contributed by atoms with E-state index in [1.54, 1.807) is 13.2 Å². The van der Waals surface area contributed by atoms with Crippen LogP contribution in [0.25, 0.3) is 0 Å². The minimum Gasteiger partial charge on any atom is -0.481 e. The zero-order valence-electron chi connectivity index (χ0n) is 11.8. The number of nitrogens with one attached hydrogen (secondary N) is 1. The van der Waals surface area contributed by atoms with Crippen molar-refractivity contribution in [2.75, 3.05) is 12.4 Å². The van der Waals surface area contributed by atoms with E-state index in [0.717, 1.165) is 5.82 Å². The predicted molar refractivity (Wildman–Crippen MR) is 76.5 cm³/mol. The van der Waals surface area contributed by atoms with Crippen LogP contribution in [0.4, 0.5) is 5.82 Å². The Labute approximate surface area is 113 Å². The van der Waals surface area contributed by atoms with Crippen molar-refractivity contribution in [1.82, 2.24) is 9.97 Å².